The van der Waals surface area contributed by atoms with Gasteiger partial charge >= 0.3 is 0 Å². The van der Waals surface area contributed by atoms with E-state index >= 15 is 0 Å². The van der Waals surface area contributed by atoms with Gasteiger partial charge in [-0.1, -0.05) is 26.1 Å². The number of aromatic nitrogens is 1. The number of nitrogens with two attached hydrogens (primary N) is 1. The summed E-state index contributed by atoms with van der Waals surface area (Å²) in [5.41, 5.74) is 7.90. The van der Waals surface area contributed by atoms with E-state index in [4.69, 9.17) is 18.0 Å². The van der Waals surface area contributed by atoms with E-state index < -0.39 is 0 Å². The minimum Gasteiger partial charge on any atom is -0.389 e. The fraction of sp³-hybridized carbons (Fsp3) is 0.571. The molecular formula is C14H21N3S. The minimum absolute atomic E-state index is 0.446. The minimum atomic E-state index is 0.446. The molecule has 0 saturated carbocycles. The molecule has 2 atom stereocenters. The molecule has 0 amide bonds. The second-order valence-corrected chi connectivity index (χ2v) is 5.98. The van der Waals surface area contributed by atoms with E-state index in [2.05, 4.69) is 23.7 Å². The maximum absolute atomic E-state index is 5.86. The lowest BCUT2D eigenvalue weighted by Gasteiger charge is -2.36. The Kier molecular flexibility index (Phi) is 3.85. The van der Waals surface area contributed by atoms with Crippen molar-refractivity contribution in [1.82, 2.24) is 4.98 Å². The van der Waals surface area contributed by atoms with Crippen LogP contribution in [0.15, 0.2) is 12.3 Å². The van der Waals surface area contributed by atoms with Gasteiger partial charge in [-0.2, -0.15) is 0 Å². The number of piperidine rings is 1. The first-order valence-corrected chi connectivity index (χ1v) is 6.90. The van der Waals surface area contributed by atoms with Crippen molar-refractivity contribution < 1.29 is 0 Å². The molecule has 1 saturated heterocycles. The van der Waals surface area contributed by atoms with E-state index in [-0.39, 0.29) is 0 Å². The number of hydrogen-bond donors (Lipinski definition) is 1. The van der Waals surface area contributed by atoms with Crippen molar-refractivity contribution in [2.24, 2.45) is 17.6 Å². The first-order chi connectivity index (χ1) is 8.49. The molecule has 1 aliphatic heterocycles. The summed E-state index contributed by atoms with van der Waals surface area (Å²) in [5, 5.41) is 0. The van der Waals surface area contributed by atoms with Crippen LogP contribution in [0.25, 0.3) is 0 Å². The quantitative estimate of drug-likeness (QED) is 0.833. The second-order valence-electron chi connectivity index (χ2n) is 5.54. The van der Waals surface area contributed by atoms with Gasteiger partial charge in [-0.3, -0.25) is 0 Å². The van der Waals surface area contributed by atoms with E-state index in [1.165, 1.54) is 6.42 Å². The van der Waals surface area contributed by atoms with Gasteiger partial charge in [0.15, 0.2) is 0 Å². The summed E-state index contributed by atoms with van der Waals surface area (Å²) >= 11 is 5.18. The number of hydrogen-bond acceptors (Lipinski definition) is 3. The van der Waals surface area contributed by atoms with Crippen LogP contribution < -0.4 is 10.6 Å². The monoisotopic (exact) mass is 263 g/mol. The largest absolute Gasteiger partial charge is 0.389 e. The fourth-order valence-corrected chi connectivity index (χ4v) is 3.18. The molecule has 2 N–H and O–H groups in total. The predicted octanol–water partition coefficient (Wildman–Crippen LogP) is 2.51. The van der Waals surface area contributed by atoms with Gasteiger partial charge in [0.05, 0.1) is 5.56 Å². The zero-order chi connectivity index (χ0) is 13.3. The molecule has 1 aromatic heterocycles. The van der Waals surface area contributed by atoms with Crippen LogP contribution in [0.2, 0.25) is 0 Å². The van der Waals surface area contributed by atoms with Crippen LogP contribution in [0.1, 0.15) is 31.4 Å². The Morgan fingerprint density at radius 2 is 2.00 bits per heavy atom. The summed E-state index contributed by atoms with van der Waals surface area (Å²) in [6.07, 6.45) is 3.13. The van der Waals surface area contributed by atoms with Crippen LogP contribution in [0.5, 0.6) is 0 Å². The lowest BCUT2D eigenvalue weighted by molar-refractivity contribution is 0.355. The molecule has 2 rings (SSSR count). The molecule has 0 aromatic carbocycles. The van der Waals surface area contributed by atoms with Gasteiger partial charge in [0, 0.05) is 19.3 Å². The van der Waals surface area contributed by atoms with Crippen LogP contribution >= 0.6 is 12.2 Å². The van der Waals surface area contributed by atoms with Gasteiger partial charge in [0.1, 0.15) is 10.8 Å². The molecule has 2 unspecified atom stereocenters. The van der Waals surface area contributed by atoms with Crippen molar-refractivity contribution in [3.63, 3.8) is 0 Å². The molecule has 2 heterocycles. The standard InChI is InChI=1S/C14H21N3S/c1-9-6-10(2)8-17(7-9)14-12(13(15)18)11(3)4-5-16-14/h4-5,9-10H,6-8H2,1-3H3,(H2,15,18). The topological polar surface area (TPSA) is 42.2 Å². The van der Waals surface area contributed by atoms with Crippen molar-refractivity contribution in [3.8, 4) is 0 Å². The molecule has 3 nitrogen and oxygen atoms in total. The molecule has 0 spiro atoms. The molecular weight excluding hydrogens is 242 g/mol. The fourth-order valence-electron chi connectivity index (χ4n) is 2.92. The summed E-state index contributed by atoms with van der Waals surface area (Å²) in [7, 11) is 0. The van der Waals surface area contributed by atoms with Crippen LogP contribution in [-0.4, -0.2) is 23.1 Å². The maximum atomic E-state index is 5.86. The van der Waals surface area contributed by atoms with Gasteiger partial charge in [0.2, 0.25) is 0 Å². The average Bonchev–Trinajstić information content (AvgIpc) is 2.26. The van der Waals surface area contributed by atoms with E-state index in [0.29, 0.717) is 16.8 Å². The second kappa shape index (κ2) is 5.22. The third-order valence-corrected chi connectivity index (χ3v) is 3.76. The van der Waals surface area contributed by atoms with Crippen LogP contribution in [0.4, 0.5) is 5.82 Å². The van der Waals surface area contributed by atoms with Gasteiger partial charge in [0.25, 0.3) is 0 Å². The molecule has 0 radical (unpaired) electrons. The summed E-state index contributed by atoms with van der Waals surface area (Å²) < 4.78 is 0. The van der Waals surface area contributed by atoms with Gasteiger partial charge in [-0.05, 0) is 36.8 Å². The lowest BCUT2D eigenvalue weighted by atomic mass is 9.91. The molecule has 1 fully saturated rings. The highest BCUT2D eigenvalue weighted by Gasteiger charge is 2.25. The highest BCUT2D eigenvalue weighted by molar-refractivity contribution is 7.80. The summed E-state index contributed by atoms with van der Waals surface area (Å²) in [5.74, 6) is 2.34. The molecule has 18 heavy (non-hydrogen) atoms. The van der Waals surface area contributed by atoms with E-state index in [0.717, 1.165) is 30.0 Å². The molecule has 98 valence electrons. The first kappa shape index (κ1) is 13.3. The third kappa shape index (κ3) is 2.64. The summed E-state index contributed by atoms with van der Waals surface area (Å²) in [4.78, 5) is 7.29. The number of pyridine rings is 1. The van der Waals surface area contributed by atoms with E-state index in [9.17, 15) is 0 Å². The number of thiocarbonyl (C=S) groups is 1. The highest BCUT2D eigenvalue weighted by Crippen LogP contribution is 2.28. The lowest BCUT2D eigenvalue weighted by Crippen LogP contribution is -2.40. The number of nitrogens with zero attached hydrogens (tertiary/aromatic N) is 2. The summed E-state index contributed by atoms with van der Waals surface area (Å²) in [6.45, 7) is 8.70. The number of rotatable bonds is 2. The van der Waals surface area contributed by atoms with Crippen LogP contribution in [-0.2, 0) is 0 Å². The van der Waals surface area contributed by atoms with Gasteiger partial charge in [-0.15, -0.1) is 0 Å². The summed E-state index contributed by atoms with van der Waals surface area (Å²) in [6, 6.07) is 1.97. The zero-order valence-corrected chi connectivity index (χ0v) is 12.1. The van der Waals surface area contributed by atoms with Crippen LogP contribution in [0, 0.1) is 18.8 Å². The zero-order valence-electron chi connectivity index (χ0n) is 11.3. The van der Waals surface area contributed by atoms with Crippen molar-refractivity contribution in [2.75, 3.05) is 18.0 Å². The molecule has 1 aliphatic rings. The molecule has 1 aromatic rings. The Labute approximate surface area is 114 Å². The number of aryl methyl sites for hydroxylation is 1. The Bertz CT molecular complexity index is 448. The Morgan fingerprint density at radius 1 is 1.39 bits per heavy atom. The maximum Gasteiger partial charge on any atom is 0.139 e. The van der Waals surface area contributed by atoms with Crippen molar-refractivity contribution in [2.45, 2.75) is 27.2 Å². The van der Waals surface area contributed by atoms with Crippen molar-refractivity contribution >= 4 is 23.0 Å². The Balaban J connectivity index is 2.38. The SMILES string of the molecule is Cc1ccnc(N2CC(C)CC(C)C2)c1C(N)=S. The third-order valence-electron chi connectivity index (χ3n) is 3.55. The molecule has 0 aliphatic carbocycles. The molecule has 0 bridgehead atoms. The van der Waals surface area contributed by atoms with E-state index in [1.54, 1.807) is 0 Å². The van der Waals surface area contributed by atoms with E-state index in [1.807, 2.05) is 19.2 Å². The van der Waals surface area contributed by atoms with Crippen molar-refractivity contribution in [1.29, 1.82) is 0 Å². The van der Waals surface area contributed by atoms with Gasteiger partial charge in [-0.25, -0.2) is 4.98 Å². The van der Waals surface area contributed by atoms with Crippen molar-refractivity contribution in [3.05, 3.63) is 23.4 Å². The van der Waals surface area contributed by atoms with Gasteiger partial charge < -0.3 is 10.6 Å². The predicted molar refractivity (Wildman–Crippen MR) is 80.0 cm³/mol. The van der Waals surface area contributed by atoms with Crippen LogP contribution in [0.3, 0.4) is 0 Å². The Hall–Kier alpha value is -1.16. The molecule has 4 heteroatoms. The normalized spacial score (nSPS) is 24.1. The highest BCUT2D eigenvalue weighted by atomic mass is 32.1. The first-order valence-electron chi connectivity index (χ1n) is 6.49. The Morgan fingerprint density at radius 3 is 2.56 bits per heavy atom. The number of anilines is 1. The smallest absolute Gasteiger partial charge is 0.139 e. The average molecular weight is 263 g/mol.